The van der Waals surface area contributed by atoms with Gasteiger partial charge in [-0.3, -0.25) is 0 Å². The van der Waals surface area contributed by atoms with Gasteiger partial charge in [-0.25, -0.2) is 4.39 Å². The minimum atomic E-state index is -0.531. The van der Waals surface area contributed by atoms with Gasteiger partial charge in [-0.05, 0) is 36.5 Å². The molecule has 2 nitrogen and oxygen atoms in total. The van der Waals surface area contributed by atoms with E-state index in [1.807, 2.05) is 0 Å². The predicted molar refractivity (Wildman–Crippen MR) is 52.1 cm³/mol. The van der Waals surface area contributed by atoms with Crippen molar-refractivity contribution >= 4 is 0 Å². The standard InChI is InChI=1S/C11H14FNO/c12-9-3-1-2-8(6-9)10(13)11(14)7-4-5-7/h1-3,6-7,10-11,14H,4-5,13H2/t10-,11+/m0/s1. The van der Waals surface area contributed by atoms with Crippen molar-refractivity contribution < 1.29 is 9.50 Å². The van der Waals surface area contributed by atoms with Gasteiger partial charge in [0.25, 0.3) is 0 Å². The van der Waals surface area contributed by atoms with E-state index in [-0.39, 0.29) is 5.82 Å². The Morgan fingerprint density at radius 2 is 2.14 bits per heavy atom. The van der Waals surface area contributed by atoms with E-state index in [1.54, 1.807) is 12.1 Å². The Kier molecular flexibility index (Phi) is 2.52. The van der Waals surface area contributed by atoms with E-state index in [2.05, 4.69) is 0 Å². The molecule has 0 heterocycles. The molecule has 0 aromatic heterocycles. The third kappa shape index (κ3) is 1.94. The molecule has 0 aliphatic heterocycles. The third-order valence-corrected chi connectivity index (χ3v) is 2.71. The van der Waals surface area contributed by atoms with Crippen LogP contribution in [0.2, 0.25) is 0 Å². The fourth-order valence-electron chi connectivity index (χ4n) is 1.64. The highest BCUT2D eigenvalue weighted by atomic mass is 19.1. The van der Waals surface area contributed by atoms with Gasteiger partial charge in [-0.1, -0.05) is 12.1 Å². The Morgan fingerprint density at radius 3 is 2.71 bits per heavy atom. The van der Waals surface area contributed by atoms with Gasteiger partial charge in [0.2, 0.25) is 0 Å². The van der Waals surface area contributed by atoms with Gasteiger partial charge in [-0.15, -0.1) is 0 Å². The van der Waals surface area contributed by atoms with E-state index in [0.717, 1.165) is 12.8 Å². The number of halogens is 1. The van der Waals surface area contributed by atoms with Gasteiger partial charge in [0.05, 0.1) is 12.1 Å². The minimum Gasteiger partial charge on any atom is -0.391 e. The molecule has 1 aromatic carbocycles. The highest BCUT2D eigenvalue weighted by Gasteiger charge is 2.34. The number of aliphatic hydroxyl groups excluding tert-OH is 1. The SMILES string of the molecule is N[C@@H](c1cccc(F)c1)[C@H](O)C1CC1. The summed E-state index contributed by atoms with van der Waals surface area (Å²) in [5, 5.41) is 9.75. The van der Waals surface area contributed by atoms with Crippen LogP contribution in [0.1, 0.15) is 24.4 Å². The molecule has 0 spiro atoms. The number of nitrogens with two attached hydrogens (primary N) is 1. The van der Waals surface area contributed by atoms with Crippen molar-refractivity contribution in [1.82, 2.24) is 0 Å². The smallest absolute Gasteiger partial charge is 0.123 e. The van der Waals surface area contributed by atoms with Crippen LogP contribution in [-0.2, 0) is 0 Å². The monoisotopic (exact) mass is 195 g/mol. The molecule has 1 saturated carbocycles. The lowest BCUT2D eigenvalue weighted by molar-refractivity contribution is 0.122. The summed E-state index contributed by atoms with van der Waals surface area (Å²) < 4.78 is 12.9. The molecular weight excluding hydrogens is 181 g/mol. The Morgan fingerprint density at radius 1 is 1.43 bits per heavy atom. The zero-order chi connectivity index (χ0) is 10.1. The van der Waals surface area contributed by atoms with Crippen LogP contribution in [0.3, 0.4) is 0 Å². The maximum atomic E-state index is 12.9. The molecule has 2 rings (SSSR count). The Hall–Kier alpha value is -0.930. The first-order chi connectivity index (χ1) is 6.68. The molecule has 76 valence electrons. The van der Waals surface area contributed by atoms with E-state index in [0.29, 0.717) is 11.5 Å². The summed E-state index contributed by atoms with van der Waals surface area (Å²) in [4.78, 5) is 0. The maximum Gasteiger partial charge on any atom is 0.123 e. The molecule has 1 aliphatic rings. The zero-order valence-electron chi connectivity index (χ0n) is 7.86. The fraction of sp³-hybridized carbons (Fsp3) is 0.455. The van der Waals surface area contributed by atoms with E-state index >= 15 is 0 Å². The second-order valence-electron chi connectivity index (χ2n) is 3.91. The number of hydrogen-bond acceptors (Lipinski definition) is 2. The van der Waals surface area contributed by atoms with Crippen LogP contribution >= 0.6 is 0 Å². The molecule has 1 fully saturated rings. The quantitative estimate of drug-likeness (QED) is 0.769. The molecule has 14 heavy (non-hydrogen) atoms. The van der Waals surface area contributed by atoms with Gasteiger partial charge < -0.3 is 10.8 Å². The highest BCUT2D eigenvalue weighted by Crippen LogP contribution is 2.37. The predicted octanol–water partition coefficient (Wildman–Crippen LogP) is 1.60. The molecule has 1 aromatic rings. The van der Waals surface area contributed by atoms with Crippen LogP contribution in [0.25, 0.3) is 0 Å². The van der Waals surface area contributed by atoms with Crippen molar-refractivity contribution in [3.63, 3.8) is 0 Å². The molecule has 0 radical (unpaired) electrons. The fourth-order valence-corrected chi connectivity index (χ4v) is 1.64. The Balaban J connectivity index is 2.13. The lowest BCUT2D eigenvalue weighted by atomic mass is 9.99. The van der Waals surface area contributed by atoms with Crippen molar-refractivity contribution in [2.75, 3.05) is 0 Å². The van der Waals surface area contributed by atoms with E-state index in [1.165, 1.54) is 12.1 Å². The Bertz CT molecular complexity index is 325. The lowest BCUT2D eigenvalue weighted by Gasteiger charge is -2.18. The summed E-state index contributed by atoms with van der Waals surface area (Å²) in [6, 6.07) is 5.66. The molecule has 0 saturated heterocycles. The molecular formula is C11H14FNO. The first-order valence-corrected chi connectivity index (χ1v) is 4.87. The van der Waals surface area contributed by atoms with Crippen molar-refractivity contribution in [1.29, 1.82) is 0 Å². The second kappa shape index (κ2) is 3.67. The number of hydrogen-bond donors (Lipinski definition) is 2. The van der Waals surface area contributed by atoms with Crippen molar-refractivity contribution in [2.45, 2.75) is 25.0 Å². The van der Waals surface area contributed by atoms with Crippen LogP contribution in [0.5, 0.6) is 0 Å². The summed E-state index contributed by atoms with van der Waals surface area (Å²) in [6.07, 6.45) is 1.53. The first-order valence-electron chi connectivity index (χ1n) is 4.87. The van der Waals surface area contributed by atoms with Crippen LogP contribution in [0.15, 0.2) is 24.3 Å². The zero-order valence-corrected chi connectivity index (χ0v) is 7.86. The maximum absolute atomic E-state index is 12.9. The van der Waals surface area contributed by atoms with Crippen LogP contribution < -0.4 is 5.73 Å². The molecule has 0 amide bonds. The molecule has 0 bridgehead atoms. The lowest BCUT2D eigenvalue weighted by Crippen LogP contribution is -2.27. The normalized spacial score (nSPS) is 20.5. The molecule has 3 N–H and O–H groups in total. The van der Waals surface area contributed by atoms with Crippen molar-refractivity contribution in [2.24, 2.45) is 11.7 Å². The first kappa shape index (κ1) is 9.62. The third-order valence-electron chi connectivity index (χ3n) is 2.71. The largest absolute Gasteiger partial charge is 0.391 e. The van der Waals surface area contributed by atoms with Gasteiger partial charge in [0, 0.05) is 0 Å². The number of benzene rings is 1. The molecule has 3 heteroatoms. The van der Waals surface area contributed by atoms with Gasteiger partial charge in [0.1, 0.15) is 5.82 Å². The average Bonchev–Trinajstić information content (AvgIpc) is 2.99. The summed E-state index contributed by atoms with van der Waals surface area (Å²) in [5.74, 6) is 0.00853. The van der Waals surface area contributed by atoms with Crippen molar-refractivity contribution in [3.05, 3.63) is 35.6 Å². The Labute approximate surface area is 82.5 Å². The molecule has 0 unspecified atom stereocenters. The number of rotatable bonds is 3. The minimum absolute atomic E-state index is 0.305. The topological polar surface area (TPSA) is 46.2 Å². The molecule has 2 atom stereocenters. The molecule has 1 aliphatic carbocycles. The van der Waals surface area contributed by atoms with Crippen LogP contribution in [0.4, 0.5) is 4.39 Å². The van der Waals surface area contributed by atoms with Gasteiger partial charge in [0.15, 0.2) is 0 Å². The van der Waals surface area contributed by atoms with E-state index < -0.39 is 12.1 Å². The summed E-state index contributed by atoms with van der Waals surface area (Å²) >= 11 is 0. The highest BCUT2D eigenvalue weighted by molar-refractivity contribution is 5.21. The second-order valence-corrected chi connectivity index (χ2v) is 3.91. The van der Waals surface area contributed by atoms with Crippen LogP contribution in [0, 0.1) is 11.7 Å². The number of aliphatic hydroxyl groups is 1. The summed E-state index contributed by atoms with van der Waals surface area (Å²) in [5.41, 5.74) is 6.50. The average molecular weight is 195 g/mol. The van der Waals surface area contributed by atoms with Crippen LogP contribution in [-0.4, -0.2) is 11.2 Å². The summed E-state index contributed by atoms with van der Waals surface area (Å²) in [6.45, 7) is 0. The van der Waals surface area contributed by atoms with E-state index in [4.69, 9.17) is 5.73 Å². The summed E-state index contributed by atoms with van der Waals surface area (Å²) in [7, 11) is 0. The van der Waals surface area contributed by atoms with Gasteiger partial charge in [-0.2, -0.15) is 0 Å². The van der Waals surface area contributed by atoms with E-state index in [9.17, 15) is 9.50 Å². The van der Waals surface area contributed by atoms with Crippen molar-refractivity contribution in [3.8, 4) is 0 Å². The van der Waals surface area contributed by atoms with Gasteiger partial charge >= 0.3 is 0 Å².